The van der Waals surface area contributed by atoms with Crippen molar-refractivity contribution in [3.05, 3.63) is 12.2 Å². The average Bonchev–Trinajstić information content (AvgIpc) is 2.28. The summed E-state index contributed by atoms with van der Waals surface area (Å²) in [5, 5.41) is 8.92. The summed E-state index contributed by atoms with van der Waals surface area (Å²) in [6.45, 7) is 1.71. The fourth-order valence-electron chi connectivity index (χ4n) is 1.85. The predicted molar refractivity (Wildman–Crippen MR) is 64.6 cm³/mol. The van der Waals surface area contributed by atoms with Gasteiger partial charge in [-0.05, 0) is 26.9 Å². The fourth-order valence-corrected chi connectivity index (χ4v) is 1.85. The highest BCUT2D eigenvalue weighted by atomic mass is 16.4. The third-order valence-corrected chi connectivity index (χ3v) is 2.81. The van der Waals surface area contributed by atoms with Gasteiger partial charge in [0.2, 0.25) is 5.91 Å². The Bertz CT molecular complexity index is 313. The maximum Gasteiger partial charge on any atom is 0.308 e. The molecule has 1 saturated heterocycles. The molecule has 0 bridgehead atoms. The van der Waals surface area contributed by atoms with E-state index in [9.17, 15) is 9.59 Å². The minimum Gasteiger partial charge on any atom is -0.481 e. The first-order valence-corrected chi connectivity index (χ1v) is 5.83. The summed E-state index contributed by atoms with van der Waals surface area (Å²) in [6, 6.07) is 0. The Morgan fingerprint density at radius 2 is 2.18 bits per heavy atom. The molecule has 0 radical (unpaired) electrons. The Kier molecular flexibility index (Phi) is 5.15. The monoisotopic (exact) mass is 240 g/mol. The smallest absolute Gasteiger partial charge is 0.308 e. The lowest BCUT2D eigenvalue weighted by atomic mass is 9.98. The van der Waals surface area contributed by atoms with Crippen molar-refractivity contribution < 1.29 is 14.7 Å². The quantitative estimate of drug-likeness (QED) is 0.724. The first kappa shape index (κ1) is 13.7. The molecule has 0 aromatic heterocycles. The maximum absolute atomic E-state index is 11.8. The second kappa shape index (κ2) is 6.39. The third-order valence-electron chi connectivity index (χ3n) is 2.81. The summed E-state index contributed by atoms with van der Waals surface area (Å²) in [5.41, 5.74) is 0. The SMILES string of the molecule is CN(C)C/C=C/C(=O)N1CCC[C@@H](C(=O)O)C1. The number of aliphatic carboxylic acids is 1. The zero-order valence-electron chi connectivity index (χ0n) is 10.4. The van der Waals surface area contributed by atoms with E-state index >= 15 is 0 Å². The van der Waals surface area contributed by atoms with Crippen LogP contribution in [0.25, 0.3) is 0 Å². The van der Waals surface area contributed by atoms with Crippen LogP contribution in [0.1, 0.15) is 12.8 Å². The number of rotatable bonds is 4. The van der Waals surface area contributed by atoms with Crippen LogP contribution >= 0.6 is 0 Å². The van der Waals surface area contributed by atoms with Crippen LogP contribution in [-0.4, -0.2) is 60.5 Å². The van der Waals surface area contributed by atoms with Gasteiger partial charge in [-0.1, -0.05) is 6.08 Å². The molecule has 17 heavy (non-hydrogen) atoms. The summed E-state index contributed by atoms with van der Waals surface area (Å²) < 4.78 is 0. The van der Waals surface area contributed by atoms with Gasteiger partial charge in [0.25, 0.3) is 0 Å². The summed E-state index contributed by atoms with van der Waals surface area (Å²) in [5.74, 6) is -1.30. The number of carbonyl (C=O) groups excluding carboxylic acids is 1. The Labute approximate surface area is 102 Å². The molecule has 1 aliphatic rings. The van der Waals surface area contributed by atoms with E-state index in [1.807, 2.05) is 19.0 Å². The number of hydrogen-bond acceptors (Lipinski definition) is 3. The van der Waals surface area contributed by atoms with E-state index in [1.165, 1.54) is 6.08 Å². The lowest BCUT2D eigenvalue weighted by molar-refractivity contribution is -0.144. The van der Waals surface area contributed by atoms with Crippen LogP contribution in [0.4, 0.5) is 0 Å². The summed E-state index contributed by atoms with van der Waals surface area (Å²) >= 11 is 0. The molecule has 5 nitrogen and oxygen atoms in total. The van der Waals surface area contributed by atoms with Gasteiger partial charge >= 0.3 is 5.97 Å². The zero-order valence-corrected chi connectivity index (χ0v) is 10.4. The number of carbonyl (C=O) groups is 2. The van der Waals surface area contributed by atoms with Crippen LogP contribution in [0, 0.1) is 5.92 Å². The molecule has 0 aromatic rings. The molecule has 96 valence electrons. The second-order valence-corrected chi connectivity index (χ2v) is 4.63. The van der Waals surface area contributed by atoms with E-state index in [-0.39, 0.29) is 5.91 Å². The average molecular weight is 240 g/mol. The van der Waals surface area contributed by atoms with Gasteiger partial charge in [-0.15, -0.1) is 0 Å². The van der Waals surface area contributed by atoms with E-state index in [2.05, 4.69) is 0 Å². The van der Waals surface area contributed by atoms with E-state index in [4.69, 9.17) is 5.11 Å². The van der Waals surface area contributed by atoms with Gasteiger partial charge in [0.15, 0.2) is 0 Å². The standard InChI is InChI=1S/C12H20N2O3/c1-13(2)7-4-6-11(15)14-8-3-5-10(9-14)12(16)17/h4,6,10H,3,5,7-9H2,1-2H3,(H,16,17)/b6-4+/t10-/m1/s1. The third kappa shape index (κ3) is 4.56. The van der Waals surface area contributed by atoms with Gasteiger partial charge < -0.3 is 14.9 Å². The zero-order chi connectivity index (χ0) is 12.8. The number of amides is 1. The van der Waals surface area contributed by atoms with Gasteiger partial charge in [-0.25, -0.2) is 0 Å². The molecule has 1 fully saturated rings. The Morgan fingerprint density at radius 1 is 1.47 bits per heavy atom. The van der Waals surface area contributed by atoms with Crippen molar-refractivity contribution >= 4 is 11.9 Å². The molecule has 1 amide bonds. The van der Waals surface area contributed by atoms with Crippen LogP contribution < -0.4 is 0 Å². The number of likely N-dealkylation sites (tertiary alicyclic amines) is 1. The molecular formula is C12H20N2O3. The number of nitrogens with zero attached hydrogens (tertiary/aromatic N) is 2. The highest BCUT2D eigenvalue weighted by Gasteiger charge is 2.26. The molecule has 1 heterocycles. The van der Waals surface area contributed by atoms with Crippen LogP contribution in [0.2, 0.25) is 0 Å². The minimum atomic E-state index is -0.806. The highest BCUT2D eigenvalue weighted by molar-refractivity contribution is 5.88. The Morgan fingerprint density at radius 3 is 2.76 bits per heavy atom. The van der Waals surface area contributed by atoms with Crippen molar-refractivity contribution in [1.82, 2.24) is 9.80 Å². The van der Waals surface area contributed by atoms with E-state index < -0.39 is 11.9 Å². The maximum atomic E-state index is 11.8. The molecule has 1 aliphatic heterocycles. The number of likely N-dealkylation sites (N-methyl/N-ethyl adjacent to an activating group) is 1. The summed E-state index contributed by atoms with van der Waals surface area (Å²) in [4.78, 5) is 26.2. The van der Waals surface area contributed by atoms with Crippen LogP contribution in [0.5, 0.6) is 0 Å². The van der Waals surface area contributed by atoms with E-state index in [0.717, 1.165) is 6.42 Å². The van der Waals surface area contributed by atoms with Crippen LogP contribution in [0.3, 0.4) is 0 Å². The number of hydrogen-bond donors (Lipinski definition) is 1. The molecule has 0 aromatic carbocycles. The van der Waals surface area contributed by atoms with Crippen molar-refractivity contribution in [2.45, 2.75) is 12.8 Å². The van der Waals surface area contributed by atoms with Gasteiger partial charge in [0, 0.05) is 25.7 Å². The second-order valence-electron chi connectivity index (χ2n) is 4.63. The first-order valence-electron chi connectivity index (χ1n) is 5.83. The predicted octanol–water partition coefficient (Wildman–Crippen LogP) is 0.427. The summed E-state index contributed by atoms with van der Waals surface area (Å²) in [7, 11) is 3.85. The van der Waals surface area contributed by atoms with E-state index in [0.29, 0.717) is 26.1 Å². The normalized spacial score (nSPS) is 21.1. The highest BCUT2D eigenvalue weighted by Crippen LogP contribution is 2.16. The molecular weight excluding hydrogens is 220 g/mol. The Hall–Kier alpha value is -1.36. The van der Waals surface area contributed by atoms with Crippen molar-refractivity contribution in [2.24, 2.45) is 5.92 Å². The minimum absolute atomic E-state index is 0.0854. The molecule has 1 atom stereocenters. The van der Waals surface area contributed by atoms with Gasteiger partial charge in [0.05, 0.1) is 5.92 Å². The van der Waals surface area contributed by atoms with Gasteiger partial charge in [-0.2, -0.15) is 0 Å². The molecule has 0 aliphatic carbocycles. The lowest BCUT2D eigenvalue weighted by Gasteiger charge is -2.29. The van der Waals surface area contributed by atoms with Crippen molar-refractivity contribution in [3.63, 3.8) is 0 Å². The molecule has 0 saturated carbocycles. The van der Waals surface area contributed by atoms with Crippen LogP contribution in [-0.2, 0) is 9.59 Å². The van der Waals surface area contributed by atoms with Crippen molar-refractivity contribution in [1.29, 1.82) is 0 Å². The van der Waals surface area contributed by atoms with Gasteiger partial charge in [-0.3, -0.25) is 9.59 Å². The summed E-state index contributed by atoms with van der Waals surface area (Å²) in [6.07, 6.45) is 4.77. The topological polar surface area (TPSA) is 60.9 Å². The number of carboxylic acid groups (broad SMARTS) is 1. The molecule has 5 heteroatoms. The number of piperidine rings is 1. The fraction of sp³-hybridized carbons (Fsp3) is 0.667. The van der Waals surface area contributed by atoms with Crippen molar-refractivity contribution in [2.75, 3.05) is 33.7 Å². The number of carboxylic acids is 1. The Balaban J connectivity index is 2.46. The largest absolute Gasteiger partial charge is 0.481 e. The van der Waals surface area contributed by atoms with Crippen LogP contribution in [0.15, 0.2) is 12.2 Å². The van der Waals surface area contributed by atoms with E-state index in [1.54, 1.807) is 11.0 Å². The first-order chi connectivity index (χ1) is 8.00. The molecule has 1 N–H and O–H groups in total. The van der Waals surface area contributed by atoms with Crippen molar-refractivity contribution in [3.8, 4) is 0 Å². The molecule has 0 spiro atoms. The van der Waals surface area contributed by atoms with Gasteiger partial charge in [0.1, 0.15) is 0 Å². The molecule has 1 rings (SSSR count). The lowest BCUT2D eigenvalue weighted by Crippen LogP contribution is -2.41. The molecule has 0 unspecified atom stereocenters.